The molecule has 1 aliphatic carbocycles. The first-order chi connectivity index (χ1) is 8.23. The summed E-state index contributed by atoms with van der Waals surface area (Å²) in [4.78, 5) is 2.28. The molecule has 1 aliphatic heterocycles. The monoisotopic (exact) mass is 242 g/mol. The van der Waals surface area contributed by atoms with E-state index in [0.717, 1.165) is 51.7 Å². The molecule has 1 saturated heterocycles. The predicted molar refractivity (Wildman–Crippen MR) is 68.0 cm³/mol. The summed E-state index contributed by atoms with van der Waals surface area (Å²) in [5, 5.41) is 23.1. The Morgan fingerprint density at radius 1 is 1.24 bits per heavy atom. The summed E-state index contributed by atoms with van der Waals surface area (Å²) in [6, 6.07) is 0.494. The van der Waals surface area contributed by atoms with E-state index >= 15 is 0 Å². The van der Waals surface area contributed by atoms with E-state index in [1.807, 2.05) is 0 Å². The van der Waals surface area contributed by atoms with Gasteiger partial charge in [0.05, 0.1) is 12.2 Å². The third-order valence-electron chi connectivity index (χ3n) is 4.22. The highest BCUT2D eigenvalue weighted by Crippen LogP contribution is 2.29. The van der Waals surface area contributed by atoms with Crippen molar-refractivity contribution in [1.82, 2.24) is 10.2 Å². The van der Waals surface area contributed by atoms with Crippen molar-refractivity contribution in [3.05, 3.63) is 0 Å². The lowest BCUT2D eigenvalue weighted by Gasteiger charge is -2.39. The number of hydrogen-bond donors (Lipinski definition) is 3. The number of nitrogens with zero attached hydrogens (tertiary/aromatic N) is 1. The van der Waals surface area contributed by atoms with Crippen LogP contribution >= 0.6 is 0 Å². The number of rotatable bonds is 5. The van der Waals surface area contributed by atoms with Crippen LogP contribution in [0, 0.1) is 0 Å². The minimum Gasteiger partial charge on any atom is -0.395 e. The number of aliphatic hydroxyl groups excluding tert-OH is 1. The summed E-state index contributed by atoms with van der Waals surface area (Å²) < 4.78 is 0. The molecule has 0 bridgehead atoms. The summed E-state index contributed by atoms with van der Waals surface area (Å²) in [5.41, 5.74) is -0.504. The zero-order valence-corrected chi connectivity index (χ0v) is 10.7. The molecule has 0 amide bonds. The maximum Gasteiger partial charge on any atom is 0.0774 e. The fourth-order valence-corrected chi connectivity index (χ4v) is 3.22. The molecule has 0 aromatic rings. The smallest absolute Gasteiger partial charge is 0.0774 e. The van der Waals surface area contributed by atoms with Crippen molar-refractivity contribution in [2.45, 2.75) is 50.2 Å². The van der Waals surface area contributed by atoms with Crippen LogP contribution in [0.25, 0.3) is 0 Å². The number of nitrogens with one attached hydrogen (secondary N) is 1. The second-order valence-electron chi connectivity index (χ2n) is 5.63. The Balaban J connectivity index is 1.90. The van der Waals surface area contributed by atoms with E-state index in [1.165, 1.54) is 6.42 Å². The molecule has 0 aromatic heterocycles. The molecule has 1 atom stereocenters. The van der Waals surface area contributed by atoms with E-state index in [2.05, 4.69) is 10.2 Å². The summed E-state index contributed by atoms with van der Waals surface area (Å²) in [7, 11) is 0. The minimum absolute atomic E-state index is 0.187. The van der Waals surface area contributed by atoms with E-state index in [0.29, 0.717) is 12.6 Å². The van der Waals surface area contributed by atoms with Crippen LogP contribution in [-0.4, -0.2) is 59.5 Å². The van der Waals surface area contributed by atoms with E-state index in [4.69, 9.17) is 5.11 Å². The molecule has 17 heavy (non-hydrogen) atoms. The lowest BCUT2D eigenvalue weighted by molar-refractivity contribution is -0.0371. The van der Waals surface area contributed by atoms with Crippen LogP contribution in [0.3, 0.4) is 0 Å². The fourth-order valence-electron chi connectivity index (χ4n) is 3.22. The van der Waals surface area contributed by atoms with Gasteiger partial charge < -0.3 is 15.5 Å². The molecule has 2 rings (SSSR count). The highest BCUT2D eigenvalue weighted by molar-refractivity contribution is 4.89. The molecule has 4 nitrogen and oxygen atoms in total. The zero-order valence-electron chi connectivity index (χ0n) is 10.7. The molecule has 0 aromatic carbocycles. The minimum atomic E-state index is -0.504. The summed E-state index contributed by atoms with van der Waals surface area (Å²) in [6.45, 7) is 3.67. The maximum absolute atomic E-state index is 10.6. The largest absolute Gasteiger partial charge is 0.395 e. The Morgan fingerprint density at radius 2 is 2.00 bits per heavy atom. The highest BCUT2D eigenvalue weighted by atomic mass is 16.3. The molecule has 3 N–H and O–H groups in total. The molecular weight excluding hydrogens is 216 g/mol. The molecule has 0 spiro atoms. The molecule has 4 heteroatoms. The Bertz CT molecular complexity index is 223. The van der Waals surface area contributed by atoms with Gasteiger partial charge in [-0.15, -0.1) is 0 Å². The normalized spacial score (nSPS) is 28.8. The third-order valence-corrected chi connectivity index (χ3v) is 4.22. The number of aliphatic hydroxyl groups is 2. The van der Waals surface area contributed by atoms with Crippen molar-refractivity contribution in [3.8, 4) is 0 Å². The lowest BCUT2D eigenvalue weighted by atomic mass is 9.84. The Morgan fingerprint density at radius 3 is 2.59 bits per heavy atom. The molecule has 1 saturated carbocycles. The van der Waals surface area contributed by atoms with Gasteiger partial charge in [0, 0.05) is 25.7 Å². The molecule has 2 fully saturated rings. The fraction of sp³-hybridized carbons (Fsp3) is 1.00. The van der Waals surface area contributed by atoms with Gasteiger partial charge in [0.15, 0.2) is 0 Å². The third kappa shape index (κ3) is 3.65. The zero-order chi connectivity index (χ0) is 12.1. The first-order valence-corrected chi connectivity index (χ1v) is 7.01. The Hall–Kier alpha value is -0.160. The van der Waals surface area contributed by atoms with Gasteiger partial charge in [-0.05, 0) is 25.8 Å². The van der Waals surface area contributed by atoms with Crippen LogP contribution in [0.2, 0.25) is 0 Å². The molecule has 2 aliphatic rings. The van der Waals surface area contributed by atoms with E-state index in [1.54, 1.807) is 0 Å². The van der Waals surface area contributed by atoms with Crippen molar-refractivity contribution in [2.75, 3.05) is 32.8 Å². The van der Waals surface area contributed by atoms with Crippen LogP contribution in [0.4, 0.5) is 0 Å². The average molecular weight is 242 g/mol. The second-order valence-corrected chi connectivity index (χ2v) is 5.63. The van der Waals surface area contributed by atoms with Crippen molar-refractivity contribution in [1.29, 1.82) is 0 Å². The van der Waals surface area contributed by atoms with Crippen molar-refractivity contribution in [3.63, 3.8) is 0 Å². The van der Waals surface area contributed by atoms with Crippen LogP contribution in [0.15, 0.2) is 0 Å². The Kier molecular flexibility index (Phi) is 4.79. The quantitative estimate of drug-likeness (QED) is 0.651. The van der Waals surface area contributed by atoms with Crippen LogP contribution in [-0.2, 0) is 0 Å². The average Bonchev–Trinajstić information content (AvgIpc) is 2.82. The van der Waals surface area contributed by atoms with Crippen molar-refractivity contribution in [2.24, 2.45) is 0 Å². The number of hydrogen-bond acceptors (Lipinski definition) is 4. The van der Waals surface area contributed by atoms with Gasteiger partial charge >= 0.3 is 0 Å². The van der Waals surface area contributed by atoms with Gasteiger partial charge in [0.1, 0.15) is 0 Å². The van der Waals surface area contributed by atoms with Gasteiger partial charge in [-0.25, -0.2) is 0 Å². The highest BCUT2D eigenvalue weighted by Gasteiger charge is 2.34. The molecule has 0 radical (unpaired) electrons. The lowest BCUT2D eigenvalue weighted by Crippen LogP contribution is -2.49. The van der Waals surface area contributed by atoms with Gasteiger partial charge in [-0.2, -0.15) is 0 Å². The van der Waals surface area contributed by atoms with Crippen LogP contribution < -0.4 is 5.32 Å². The van der Waals surface area contributed by atoms with Crippen LogP contribution in [0.5, 0.6) is 0 Å². The maximum atomic E-state index is 10.6. The van der Waals surface area contributed by atoms with Crippen LogP contribution in [0.1, 0.15) is 38.5 Å². The topological polar surface area (TPSA) is 55.7 Å². The summed E-state index contributed by atoms with van der Waals surface area (Å²) in [5.74, 6) is 0. The first-order valence-electron chi connectivity index (χ1n) is 7.01. The summed E-state index contributed by atoms with van der Waals surface area (Å²) in [6.07, 6.45) is 6.53. The van der Waals surface area contributed by atoms with Crippen molar-refractivity contribution < 1.29 is 10.2 Å². The SMILES string of the molecule is OCCN(CC1(O)CCCCC1)C1CCNC1. The molecular formula is C13H26N2O2. The second kappa shape index (κ2) is 6.14. The van der Waals surface area contributed by atoms with Crippen molar-refractivity contribution >= 4 is 0 Å². The Labute approximate surface area is 104 Å². The van der Waals surface area contributed by atoms with Gasteiger partial charge in [-0.3, -0.25) is 4.90 Å². The van der Waals surface area contributed by atoms with E-state index in [9.17, 15) is 5.11 Å². The molecule has 1 unspecified atom stereocenters. The van der Waals surface area contributed by atoms with Gasteiger partial charge in [0.2, 0.25) is 0 Å². The standard InChI is InChI=1S/C13H26N2O2/c16-9-8-15(12-4-7-14-10-12)11-13(17)5-2-1-3-6-13/h12,14,16-17H,1-11H2. The molecule has 1 heterocycles. The van der Waals surface area contributed by atoms with E-state index in [-0.39, 0.29) is 6.61 Å². The summed E-state index contributed by atoms with van der Waals surface area (Å²) >= 11 is 0. The van der Waals surface area contributed by atoms with Gasteiger partial charge in [0.25, 0.3) is 0 Å². The van der Waals surface area contributed by atoms with E-state index < -0.39 is 5.60 Å². The molecule has 100 valence electrons. The first kappa shape index (κ1) is 13.3. The predicted octanol–water partition coefficient (Wildman–Crippen LogP) is 0.338. The van der Waals surface area contributed by atoms with Gasteiger partial charge in [-0.1, -0.05) is 19.3 Å².